The second-order valence-corrected chi connectivity index (χ2v) is 11.2. The van der Waals surface area contributed by atoms with Gasteiger partial charge in [0.1, 0.15) is 5.75 Å². The zero-order valence-corrected chi connectivity index (χ0v) is 20.8. The van der Waals surface area contributed by atoms with Crippen molar-refractivity contribution in [3.63, 3.8) is 0 Å². The van der Waals surface area contributed by atoms with E-state index in [2.05, 4.69) is 4.90 Å². The third-order valence-corrected chi connectivity index (χ3v) is 8.88. The predicted octanol–water partition coefficient (Wildman–Crippen LogP) is 3.02. The molecular weight excluding hydrogens is 450 g/mol. The lowest BCUT2D eigenvalue weighted by Gasteiger charge is -2.39. The first kappa shape index (κ1) is 24.5. The molecule has 184 valence electrons. The highest BCUT2D eigenvalue weighted by Crippen LogP contribution is 2.29. The van der Waals surface area contributed by atoms with E-state index in [4.69, 9.17) is 4.74 Å². The van der Waals surface area contributed by atoms with Crippen LogP contribution in [-0.4, -0.2) is 75.7 Å². The van der Waals surface area contributed by atoms with Gasteiger partial charge in [0.05, 0.1) is 18.6 Å². The maximum atomic E-state index is 13.1. The molecule has 2 aromatic rings. The molecule has 2 saturated heterocycles. The van der Waals surface area contributed by atoms with E-state index in [0.717, 1.165) is 36.5 Å². The number of methoxy groups -OCH3 is 1. The molecule has 7 nitrogen and oxygen atoms in total. The highest BCUT2D eigenvalue weighted by molar-refractivity contribution is 7.89. The standard InChI is InChI=1S/C26H35N3O4S/c1-33-25-12-6-5-11-24(25)27-17-19-28(20-18-27)26(30)23-13-15-29(16-14-23)34(31,32)21-7-10-22-8-3-2-4-9-22/h2-6,8-9,11-12,23H,7,10,13-21H2,1H3. The van der Waals surface area contributed by atoms with Crippen molar-refractivity contribution in [2.45, 2.75) is 25.7 Å². The number of carbonyl (C=O) groups is 1. The van der Waals surface area contributed by atoms with Crippen LogP contribution in [0.25, 0.3) is 0 Å². The number of benzene rings is 2. The summed E-state index contributed by atoms with van der Waals surface area (Å²) < 4.78 is 32.6. The lowest BCUT2D eigenvalue weighted by molar-refractivity contribution is -0.137. The Balaban J connectivity index is 1.23. The predicted molar refractivity (Wildman–Crippen MR) is 135 cm³/mol. The van der Waals surface area contributed by atoms with Crippen molar-refractivity contribution in [1.82, 2.24) is 9.21 Å². The third kappa shape index (κ3) is 5.91. The van der Waals surface area contributed by atoms with Crippen LogP contribution >= 0.6 is 0 Å². The molecule has 0 N–H and O–H groups in total. The van der Waals surface area contributed by atoms with Gasteiger partial charge in [-0.2, -0.15) is 0 Å². The molecule has 0 atom stereocenters. The van der Waals surface area contributed by atoms with Crippen molar-refractivity contribution < 1.29 is 17.9 Å². The molecule has 2 aliphatic heterocycles. The average molecular weight is 486 g/mol. The van der Waals surface area contributed by atoms with Crippen LogP contribution in [0.1, 0.15) is 24.8 Å². The fourth-order valence-corrected chi connectivity index (χ4v) is 6.46. The van der Waals surface area contributed by atoms with Crippen molar-refractivity contribution in [2.75, 3.05) is 57.0 Å². The molecule has 2 heterocycles. The van der Waals surface area contributed by atoms with Crippen molar-refractivity contribution in [2.24, 2.45) is 5.92 Å². The molecule has 34 heavy (non-hydrogen) atoms. The fourth-order valence-electron chi connectivity index (χ4n) is 4.93. The van der Waals surface area contributed by atoms with Crippen molar-refractivity contribution in [3.8, 4) is 5.75 Å². The van der Waals surface area contributed by atoms with Crippen LogP contribution in [-0.2, 0) is 21.2 Å². The molecule has 0 radical (unpaired) electrons. The minimum absolute atomic E-state index is 0.0893. The van der Waals surface area contributed by atoms with E-state index < -0.39 is 10.0 Å². The van der Waals surface area contributed by atoms with Crippen molar-refractivity contribution in [3.05, 3.63) is 60.2 Å². The molecular formula is C26H35N3O4S. The number of rotatable bonds is 8. The summed E-state index contributed by atoms with van der Waals surface area (Å²) >= 11 is 0. The van der Waals surface area contributed by atoms with Crippen LogP contribution in [0.4, 0.5) is 5.69 Å². The van der Waals surface area contributed by atoms with Crippen LogP contribution in [0.5, 0.6) is 5.75 Å². The number of piperidine rings is 1. The first-order valence-electron chi connectivity index (χ1n) is 12.2. The summed E-state index contributed by atoms with van der Waals surface area (Å²) in [6, 6.07) is 17.9. The molecule has 0 bridgehead atoms. The summed E-state index contributed by atoms with van der Waals surface area (Å²) in [5, 5.41) is 0. The Kier molecular flexibility index (Phi) is 8.11. The molecule has 8 heteroatoms. The molecule has 0 saturated carbocycles. The van der Waals surface area contributed by atoms with Gasteiger partial charge in [-0.3, -0.25) is 4.79 Å². The summed E-state index contributed by atoms with van der Waals surface area (Å²) in [7, 11) is -1.61. The second-order valence-electron chi connectivity index (χ2n) is 9.06. The van der Waals surface area contributed by atoms with Crippen LogP contribution in [0.3, 0.4) is 0 Å². The number of amides is 1. The smallest absolute Gasteiger partial charge is 0.225 e. The number of aryl methyl sites for hydroxylation is 1. The second kappa shape index (κ2) is 11.2. The topological polar surface area (TPSA) is 70.2 Å². The minimum atomic E-state index is -3.28. The zero-order valence-electron chi connectivity index (χ0n) is 19.9. The lowest BCUT2D eigenvalue weighted by Crippen LogP contribution is -2.52. The number of nitrogens with zero attached hydrogens (tertiary/aromatic N) is 3. The number of carbonyl (C=O) groups excluding carboxylic acids is 1. The van der Waals surface area contributed by atoms with Crippen LogP contribution in [0.15, 0.2) is 54.6 Å². The number of hydrogen-bond donors (Lipinski definition) is 0. The first-order valence-corrected chi connectivity index (χ1v) is 13.8. The molecule has 2 aliphatic rings. The first-order chi connectivity index (χ1) is 16.5. The summed E-state index contributed by atoms with van der Waals surface area (Å²) in [5.41, 5.74) is 2.22. The Morgan fingerprint density at radius 2 is 1.56 bits per heavy atom. The molecule has 0 aromatic heterocycles. The van der Waals surface area contributed by atoms with Gasteiger partial charge >= 0.3 is 0 Å². The van der Waals surface area contributed by atoms with Gasteiger partial charge < -0.3 is 14.5 Å². The van der Waals surface area contributed by atoms with Gasteiger partial charge in [0.2, 0.25) is 15.9 Å². The molecule has 0 aliphatic carbocycles. The number of para-hydroxylation sites is 2. The van der Waals surface area contributed by atoms with Crippen LogP contribution in [0, 0.1) is 5.92 Å². The van der Waals surface area contributed by atoms with Gasteiger partial charge in [-0.15, -0.1) is 0 Å². The van der Waals surface area contributed by atoms with Gasteiger partial charge in [0.15, 0.2) is 0 Å². The lowest BCUT2D eigenvalue weighted by atomic mass is 9.96. The Morgan fingerprint density at radius 3 is 2.24 bits per heavy atom. The maximum absolute atomic E-state index is 13.1. The molecule has 2 aromatic carbocycles. The van der Waals surface area contributed by atoms with E-state index in [1.165, 1.54) is 0 Å². The number of hydrogen-bond acceptors (Lipinski definition) is 5. The number of ether oxygens (including phenoxy) is 1. The van der Waals surface area contributed by atoms with Crippen LogP contribution < -0.4 is 9.64 Å². The fraction of sp³-hybridized carbons (Fsp3) is 0.500. The third-order valence-electron chi connectivity index (χ3n) is 6.92. The number of piperazine rings is 1. The largest absolute Gasteiger partial charge is 0.495 e. The Labute approximate surface area is 203 Å². The maximum Gasteiger partial charge on any atom is 0.225 e. The van der Waals surface area contributed by atoms with Gasteiger partial charge in [0.25, 0.3) is 0 Å². The van der Waals surface area contributed by atoms with Crippen molar-refractivity contribution >= 4 is 21.6 Å². The van der Waals surface area contributed by atoms with E-state index in [9.17, 15) is 13.2 Å². The Morgan fingerprint density at radius 1 is 0.912 bits per heavy atom. The number of sulfonamides is 1. The van der Waals surface area contributed by atoms with Gasteiger partial charge in [-0.25, -0.2) is 12.7 Å². The summed E-state index contributed by atoms with van der Waals surface area (Å²) in [5.74, 6) is 1.08. The van der Waals surface area contributed by atoms with E-state index in [1.54, 1.807) is 11.4 Å². The van der Waals surface area contributed by atoms with Crippen molar-refractivity contribution in [1.29, 1.82) is 0 Å². The van der Waals surface area contributed by atoms with E-state index in [-0.39, 0.29) is 17.6 Å². The van der Waals surface area contributed by atoms with E-state index in [0.29, 0.717) is 45.4 Å². The SMILES string of the molecule is COc1ccccc1N1CCN(C(=O)C2CCN(S(=O)(=O)CCCc3ccccc3)CC2)CC1. The molecule has 0 spiro atoms. The number of anilines is 1. The molecule has 1 amide bonds. The quantitative estimate of drug-likeness (QED) is 0.575. The monoisotopic (exact) mass is 485 g/mol. The van der Waals surface area contributed by atoms with Gasteiger partial charge in [0, 0.05) is 45.2 Å². The Hall–Kier alpha value is -2.58. The van der Waals surface area contributed by atoms with Gasteiger partial charge in [-0.05, 0) is 43.4 Å². The molecule has 4 rings (SSSR count). The molecule has 2 fully saturated rings. The highest BCUT2D eigenvalue weighted by atomic mass is 32.2. The molecule has 0 unspecified atom stereocenters. The summed E-state index contributed by atoms with van der Waals surface area (Å²) in [6.45, 7) is 3.75. The van der Waals surface area contributed by atoms with E-state index >= 15 is 0 Å². The average Bonchev–Trinajstić information content (AvgIpc) is 2.89. The summed E-state index contributed by atoms with van der Waals surface area (Å²) in [4.78, 5) is 17.3. The van der Waals surface area contributed by atoms with Gasteiger partial charge in [-0.1, -0.05) is 42.5 Å². The van der Waals surface area contributed by atoms with E-state index in [1.807, 2.05) is 59.5 Å². The minimum Gasteiger partial charge on any atom is -0.495 e. The van der Waals surface area contributed by atoms with Crippen LogP contribution in [0.2, 0.25) is 0 Å². The Bertz CT molecular complexity index is 1040. The highest BCUT2D eigenvalue weighted by Gasteiger charge is 2.34. The zero-order chi connectivity index (χ0) is 24.0. The normalized spacial score (nSPS) is 18.1. The summed E-state index contributed by atoms with van der Waals surface area (Å²) in [6.07, 6.45) is 2.57.